The molecule has 4 heteroatoms. The summed E-state index contributed by atoms with van der Waals surface area (Å²) in [4.78, 5) is 4.37. The van der Waals surface area contributed by atoms with Crippen LogP contribution < -0.4 is 10.1 Å². The highest BCUT2D eigenvalue weighted by atomic mass is 79.9. The normalized spacial score (nSPS) is 14.8. The Hall–Kier alpha value is -0.610. The molecule has 0 unspecified atom stereocenters. The Morgan fingerprint density at radius 1 is 1.44 bits per heavy atom. The van der Waals surface area contributed by atoms with Gasteiger partial charge in [0.25, 0.3) is 0 Å². The first-order valence-corrected chi connectivity index (χ1v) is 7.59. The maximum absolute atomic E-state index is 5.77. The highest BCUT2D eigenvalue weighted by Crippen LogP contribution is 2.23. The van der Waals surface area contributed by atoms with Crippen LogP contribution in [0, 0.1) is 0 Å². The minimum atomic E-state index is 0.705. The topological polar surface area (TPSA) is 34.1 Å². The van der Waals surface area contributed by atoms with E-state index in [0.29, 0.717) is 6.04 Å². The molecule has 18 heavy (non-hydrogen) atoms. The predicted molar refractivity (Wildman–Crippen MR) is 76.8 cm³/mol. The molecule has 2 rings (SSSR count). The van der Waals surface area contributed by atoms with E-state index in [2.05, 4.69) is 39.2 Å². The number of nitrogens with one attached hydrogen (secondary N) is 1. The minimum absolute atomic E-state index is 0.705. The van der Waals surface area contributed by atoms with Gasteiger partial charge < -0.3 is 10.1 Å². The average Bonchev–Trinajstić information content (AvgIpc) is 3.18. The first-order chi connectivity index (χ1) is 8.79. The fourth-order valence-corrected chi connectivity index (χ4v) is 2.17. The molecular formula is C14H21BrN2O. The summed E-state index contributed by atoms with van der Waals surface area (Å²) in [5.41, 5.74) is 1.15. The molecule has 1 N–H and O–H groups in total. The number of pyridine rings is 1. The number of aromatic nitrogens is 1. The van der Waals surface area contributed by atoms with Crippen LogP contribution in [0.5, 0.6) is 5.88 Å². The third kappa shape index (κ3) is 4.58. The van der Waals surface area contributed by atoms with Gasteiger partial charge in [0, 0.05) is 28.8 Å². The van der Waals surface area contributed by atoms with Gasteiger partial charge in [-0.15, -0.1) is 0 Å². The number of nitrogens with zero attached hydrogens (tertiary/aromatic N) is 1. The molecule has 0 bridgehead atoms. The number of hydrogen-bond acceptors (Lipinski definition) is 3. The van der Waals surface area contributed by atoms with Crippen LogP contribution >= 0.6 is 15.9 Å². The molecule has 0 aliphatic heterocycles. The van der Waals surface area contributed by atoms with E-state index in [1.165, 1.54) is 25.7 Å². The maximum Gasteiger partial charge on any atom is 0.217 e. The Morgan fingerprint density at radius 3 is 3.00 bits per heavy atom. The van der Waals surface area contributed by atoms with Gasteiger partial charge in [-0.1, -0.05) is 19.8 Å². The van der Waals surface area contributed by atoms with Crippen LogP contribution in [0.1, 0.15) is 44.6 Å². The van der Waals surface area contributed by atoms with E-state index in [-0.39, 0.29) is 0 Å². The van der Waals surface area contributed by atoms with Gasteiger partial charge in [-0.2, -0.15) is 0 Å². The average molecular weight is 313 g/mol. The van der Waals surface area contributed by atoms with E-state index in [4.69, 9.17) is 4.74 Å². The lowest BCUT2D eigenvalue weighted by Gasteiger charge is -2.11. The zero-order valence-electron chi connectivity index (χ0n) is 10.9. The molecule has 0 spiro atoms. The third-order valence-electron chi connectivity index (χ3n) is 3.04. The Labute approximate surface area is 117 Å². The van der Waals surface area contributed by atoms with Gasteiger partial charge in [0.05, 0.1) is 6.61 Å². The van der Waals surface area contributed by atoms with Crippen LogP contribution in [0.25, 0.3) is 0 Å². The molecule has 100 valence electrons. The predicted octanol–water partition coefficient (Wildman–Crippen LogP) is 3.67. The SMILES string of the molecule is CCCCCOc1ncc(Br)cc1CNC1CC1. The molecule has 1 aliphatic rings. The zero-order chi connectivity index (χ0) is 12.8. The van der Waals surface area contributed by atoms with Crippen LogP contribution in [0.15, 0.2) is 16.7 Å². The summed E-state index contributed by atoms with van der Waals surface area (Å²) >= 11 is 3.47. The van der Waals surface area contributed by atoms with Crippen LogP contribution in [-0.4, -0.2) is 17.6 Å². The van der Waals surface area contributed by atoms with Crippen molar-refractivity contribution in [2.75, 3.05) is 6.61 Å². The smallest absolute Gasteiger partial charge is 0.217 e. The van der Waals surface area contributed by atoms with E-state index in [1.807, 2.05) is 0 Å². The summed E-state index contributed by atoms with van der Waals surface area (Å²) in [6.07, 6.45) is 7.93. The van der Waals surface area contributed by atoms with Crippen LogP contribution in [0.4, 0.5) is 0 Å². The molecule has 1 heterocycles. The van der Waals surface area contributed by atoms with Crippen molar-refractivity contribution >= 4 is 15.9 Å². The van der Waals surface area contributed by atoms with Crippen LogP contribution in [0.3, 0.4) is 0 Å². The highest BCUT2D eigenvalue weighted by Gasteiger charge is 2.20. The van der Waals surface area contributed by atoms with E-state index in [1.54, 1.807) is 6.20 Å². The van der Waals surface area contributed by atoms with Crippen LogP contribution in [0.2, 0.25) is 0 Å². The van der Waals surface area contributed by atoms with Gasteiger partial charge in [0.1, 0.15) is 0 Å². The molecule has 0 saturated heterocycles. The Morgan fingerprint density at radius 2 is 2.28 bits per heavy atom. The van der Waals surface area contributed by atoms with Crippen molar-refractivity contribution in [2.24, 2.45) is 0 Å². The molecule has 0 atom stereocenters. The van der Waals surface area contributed by atoms with Gasteiger partial charge in [-0.3, -0.25) is 0 Å². The molecule has 1 fully saturated rings. The van der Waals surface area contributed by atoms with E-state index < -0.39 is 0 Å². The van der Waals surface area contributed by atoms with E-state index >= 15 is 0 Å². The van der Waals surface area contributed by atoms with Crippen molar-refractivity contribution in [1.29, 1.82) is 0 Å². The summed E-state index contributed by atoms with van der Waals surface area (Å²) < 4.78 is 6.79. The number of unbranched alkanes of at least 4 members (excludes halogenated alkanes) is 2. The van der Waals surface area contributed by atoms with E-state index in [9.17, 15) is 0 Å². The Balaban J connectivity index is 1.88. The molecule has 0 radical (unpaired) electrons. The summed E-state index contributed by atoms with van der Waals surface area (Å²) in [7, 11) is 0. The molecule has 0 amide bonds. The van der Waals surface area contributed by atoms with E-state index in [0.717, 1.165) is 35.5 Å². The van der Waals surface area contributed by atoms with Crippen molar-refractivity contribution in [1.82, 2.24) is 10.3 Å². The lowest BCUT2D eigenvalue weighted by atomic mass is 10.2. The fourth-order valence-electron chi connectivity index (χ4n) is 1.79. The summed E-state index contributed by atoms with van der Waals surface area (Å²) in [5.74, 6) is 0.780. The van der Waals surface area contributed by atoms with Gasteiger partial charge in [-0.25, -0.2) is 4.98 Å². The first-order valence-electron chi connectivity index (χ1n) is 6.80. The fraction of sp³-hybridized carbons (Fsp3) is 0.643. The molecule has 3 nitrogen and oxygen atoms in total. The number of ether oxygens (including phenoxy) is 1. The molecular weight excluding hydrogens is 292 g/mol. The minimum Gasteiger partial charge on any atom is -0.477 e. The summed E-state index contributed by atoms with van der Waals surface area (Å²) in [6, 6.07) is 2.80. The van der Waals surface area contributed by atoms with Crippen molar-refractivity contribution in [2.45, 2.75) is 51.6 Å². The zero-order valence-corrected chi connectivity index (χ0v) is 12.5. The summed E-state index contributed by atoms with van der Waals surface area (Å²) in [5, 5.41) is 3.50. The second-order valence-corrected chi connectivity index (χ2v) is 5.74. The van der Waals surface area contributed by atoms with Crippen molar-refractivity contribution < 1.29 is 4.74 Å². The Bertz CT molecular complexity index is 380. The third-order valence-corrected chi connectivity index (χ3v) is 3.47. The maximum atomic E-state index is 5.77. The van der Waals surface area contributed by atoms with Crippen LogP contribution in [-0.2, 0) is 6.54 Å². The van der Waals surface area contributed by atoms with Gasteiger partial charge in [0.15, 0.2) is 0 Å². The van der Waals surface area contributed by atoms with Crippen molar-refractivity contribution in [3.63, 3.8) is 0 Å². The second-order valence-electron chi connectivity index (χ2n) is 4.83. The number of halogens is 1. The van der Waals surface area contributed by atoms with Crippen molar-refractivity contribution in [3.8, 4) is 5.88 Å². The Kier molecular flexibility index (Phi) is 5.45. The largest absolute Gasteiger partial charge is 0.477 e. The van der Waals surface area contributed by atoms with Gasteiger partial charge in [0.2, 0.25) is 5.88 Å². The van der Waals surface area contributed by atoms with Gasteiger partial charge in [-0.05, 0) is 41.3 Å². The standard InChI is InChI=1S/C14H21BrN2O/c1-2-3-4-7-18-14-11(8-12(15)10-17-14)9-16-13-5-6-13/h8,10,13,16H,2-7,9H2,1H3. The number of hydrogen-bond donors (Lipinski definition) is 1. The molecule has 1 aromatic rings. The lowest BCUT2D eigenvalue weighted by Crippen LogP contribution is -2.16. The second kappa shape index (κ2) is 7.10. The summed E-state index contributed by atoms with van der Waals surface area (Å²) in [6.45, 7) is 3.81. The molecule has 1 aromatic heterocycles. The first kappa shape index (κ1) is 13.8. The lowest BCUT2D eigenvalue weighted by molar-refractivity contribution is 0.291. The number of rotatable bonds is 8. The molecule has 1 aliphatic carbocycles. The highest BCUT2D eigenvalue weighted by molar-refractivity contribution is 9.10. The monoisotopic (exact) mass is 312 g/mol. The molecule has 1 saturated carbocycles. The van der Waals surface area contributed by atoms with Gasteiger partial charge >= 0.3 is 0 Å². The molecule has 0 aromatic carbocycles. The quantitative estimate of drug-likeness (QED) is 0.744. The van der Waals surface area contributed by atoms with Crippen molar-refractivity contribution in [3.05, 3.63) is 22.3 Å².